The molecule has 136 valence electrons. The maximum absolute atomic E-state index is 12.1. The first-order chi connectivity index (χ1) is 13.3. The zero-order valence-electron chi connectivity index (χ0n) is 14.4. The van der Waals surface area contributed by atoms with Crippen LogP contribution >= 0.6 is 0 Å². The largest absolute Gasteiger partial charge is 0.486 e. The Morgan fingerprint density at radius 2 is 2.22 bits per heavy atom. The molecule has 0 atom stereocenters. The zero-order chi connectivity index (χ0) is 18.5. The molecule has 0 aliphatic heterocycles. The Kier molecular flexibility index (Phi) is 4.78. The van der Waals surface area contributed by atoms with Crippen molar-refractivity contribution in [3.8, 4) is 5.75 Å². The number of aromatic nitrogens is 4. The molecule has 3 aromatic heterocycles. The minimum absolute atomic E-state index is 0.181. The fraction of sp³-hybridized carbons (Fsp3) is 0.158. The molecular formula is C19H17N5O3. The molecule has 4 rings (SSSR count). The molecule has 0 fully saturated rings. The van der Waals surface area contributed by atoms with Gasteiger partial charge in [0.05, 0.1) is 11.8 Å². The summed E-state index contributed by atoms with van der Waals surface area (Å²) in [7, 11) is 0. The van der Waals surface area contributed by atoms with Crippen LogP contribution < -0.4 is 10.1 Å². The van der Waals surface area contributed by atoms with Gasteiger partial charge < -0.3 is 19.6 Å². The van der Waals surface area contributed by atoms with Crippen LogP contribution in [0.1, 0.15) is 21.9 Å². The van der Waals surface area contributed by atoms with E-state index in [4.69, 9.17) is 9.26 Å². The van der Waals surface area contributed by atoms with Crippen molar-refractivity contribution in [2.75, 3.05) is 6.54 Å². The second-order valence-electron chi connectivity index (χ2n) is 5.91. The molecule has 0 aliphatic carbocycles. The van der Waals surface area contributed by atoms with Crippen molar-refractivity contribution in [3.05, 3.63) is 72.3 Å². The summed E-state index contributed by atoms with van der Waals surface area (Å²) in [6.07, 6.45) is 5.74. The van der Waals surface area contributed by atoms with Gasteiger partial charge in [-0.2, -0.15) is 0 Å². The van der Waals surface area contributed by atoms with E-state index in [0.717, 1.165) is 16.6 Å². The Morgan fingerprint density at radius 3 is 3.11 bits per heavy atom. The fourth-order valence-electron chi connectivity index (χ4n) is 2.61. The molecule has 8 heteroatoms. The molecule has 27 heavy (non-hydrogen) atoms. The number of hydrogen-bond acceptors (Lipinski definition) is 6. The molecule has 1 amide bonds. The highest BCUT2D eigenvalue weighted by molar-refractivity contribution is 5.92. The van der Waals surface area contributed by atoms with Crippen molar-refractivity contribution >= 4 is 16.8 Å². The Morgan fingerprint density at radius 1 is 1.26 bits per heavy atom. The molecule has 0 unspecified atom stereocenters. The molecular weight excluding hydrogens is 346 g/mol. The summed E-state index contributed by atoms with van der Waals surface area (Å²) in [6.45, 7) is 0.658. The van der Waals surface area contributed by atoms with Crippen LogP contribution in [0.25, 0.3) is 10.9 Å². The summed E-state index contributed by atoms with van der Waals surface area (Å²) in [6, 6.07) is 11.1. The molecule has 1 aromatic carbocycles. The van der Waals surface area contributed by atoms with Gasteiger partial charge in [-0.3, -0.25) is 9.78 Å². The monoisotopic (exact) mass is 363 g/mol. The summed E-state index contributed by atoms with van der Waals surface area (Å²) in [5.41, 5.74) is 2.08. The average molecular weight is 363 g/mol. The Bertz CT molecular complexity index is 1040. The van der Waals surface area contributed by atoms with Crippen molar-refractivity contribution in [1.29, 1.82) is 0 Å². The molecule has 0 saturated heterocycles. The van der Waals surface area contributed by atoms with Gasteiger partial charge in [0.2, 0.25) is 0 Å². The predicted octanol–water partition coefficient (Wildman–Crippen LogP) is 2.50. The summed E-state index contributed by atoms with van der Waals surface area (Å²) in [5, 5.41) is 7.57. The number of imidazole rings is 1. The molecule has 0 radical (unpaired) electrons. The number of carbonyl (C=O) groups excluding carboxylic acids is 1. The molecule has 2 N–H and O–H groups in total. The van der Waals surface area contributed by atoms with Crippen molar-refractivity contribution in [2.45, 2.75) is 13.0 Å². The van der Waals surface area contributed by atoms with Gasteiger partial charge in [-0.1, -0.05) is 11.2 Å². The molecule has 0 spiro atoms. The number of nitrogens with one attached hydrogen (secondary N) is 2. The van der Waals surface area contributed by atoms with Gasteiger partial charge in [0.1, 0.15) is 12.4 Å². The third kappa shape index (κ3) is 4.12. The van der Waals surface area contributed by atoms with Crippen LogP contribution in [-0.2, 0) is 13.0 Å². The first kappa shape index (κ1) is 16.8. The Hall–Kier alpha value is -3.68. The van der Waals surface area contributed by atoms with Crippen molar-refractivity contribution in [1.82, 2.24) is 25.4 Å². The number of fused-ring (bicyclic) bond motifs is 1. The van der Waals surface area contributed by atoms with Crippen LogP contribution in [0.15, 0.2) is 59.6 Å². The normalized spacial score (nSPS) is 10.8. The molecule has 3 heterocycles. The average Bonchev–Trinajstić information content (AvgIpc) is 3.38. The molecule has 4 aromatic rings. The number of aromatic amines is 1. The van der Waals surface area contributed by atoms with Gasteiger partial charge >= 0.3 is 0 Å². The second-order valence-corrected chi connectivity index (χ2v) is 5.91. The van der Waals surface area contributed by atoms with Crippen molar-refractivity contribution in [2.24, 2.45) is 0 Å². The topological polar surface area (TPSA) is 106 Å². The van der Waals surface area contributed by atoms with Gasteiger partial charge in [0.15, 0.2) is 11.5 Å². The molecule has 0 saturated carbocycles. The van der Waals surface area contributed by atoms with Gasteiger partial charge in [0, 0.05) is 42.5 Å². The lowest BCUT2D eigenvalue weighted by Crippen LogP contribution is -2.26. The summed E-state index contributed by atoms with van der Waals surface area (Å²) < 4.78 is 10.9. The fourth-order valence-corrected chi connectivity index (χ4v) is 2.61. The maximum Gasteiger partial charge on any atom is 0.273 e. The summed E-state index contributed by atoms with van der Waals surface area (Å²) >= 11 is 0. The van der Waals surface area contributed by atoms with E-state index in [0.29, 0.717) is 24.5 Å². The van der Waals surface area contributed by atoms with E-state index >= 15 is 0 Å². The van der Waals surface area contributed by atoms with Gasteiger partial charge in [-0.25, -0.2) is 4.98 Å². The van der Waals surface area contributed by atoms with Crippen LogP contribution in [0.3, 0.4) is 0 Å². The lowest BCUT2D eigenvalue weighted by atomic mass is 10.2. The number of amides is 1. The number of H-pyrrole nitrogens is 1. The van der Waals surface area contributed by atoms with E-state index in [1.165, 1.54) is 0 Å². The van der Waals surface area contributed by atoms with E-state index in [-0.39, 0.29) is 18.2 Å². The smallest absolute Gasteiger partial charge is 0.273 e. The standard InChI is InChI=1S/C19H17N5O3/c25-19(22-7-5-14-10-20-12-23-14)18-9-16(27-24-18)11-26-15-3-4-17-13(8-15)2-1-6-21-17/h1-4,6,8-10,12H,5,7,11H2,(H,20,23)(H,22,25). The highest BCUT2D eigenvalue weighted by Crippen LogP contribution is 2.20. The predicted molar refractivity (Wildman–Crippen MR) is 97.2 cm³/mol. The molecule has 0 aliphatic rings. The Labute approximate surface area is 154 Å². The number of rotatable bonds is 7. The van der Waals surface area contributed by atoms with Crippen LogP contribution in [0.2, 0.25) is 0 Å². The highest BCUT2D eigenvalue weighted by atomic mass is 16.5. The van der Waals surface area contributed by atoms with Crippen LogP contribution in [0.5, 0.6) is 5.75 Å². The number of pyridine rings is 1. The Balaban J connectivity index is 1.31. The number of hydrogen-bond donors (Lipinski definition) is 2. The van der Waals surface area contributed by atoms with E-state index in [1.807, 2.05) is 30.3 Å². The minimum atomic E-state index is -0.290. The SMILES string of the molecule is O=C(NCCc1cnc[nH]1)c1cc(COc2ccc3ncccc3c2)on1. The van der Waals surface area contributed by atoms with Crippen molar-refractivity contribution < 1.29 is 14.1 Å². The number of benzene rings is 1. The number of carbonyl (C=O) groups is 1. The molecule has 0 bridgehead atoms. The lowest BCUT2D eigenvalue weighted by molar-refractivity contribution is 0.0944. The van der Waals surface area contributed by atoms with E-state index in [9.17, 15) is 4.79 Å². The van der Waals surface area contributed by atoms with Gasteiger partial charge in [-0.15, -0.1) is 0 Å². The van der Waals surface area contributed by atoms with Crippen molar-refractivity contribution in [3.63, 3.8) is 0 Å². The number of ether oxygens (including phenoxy) is 1. The van der Waals surface area contributed by atoms with Crippen LogP contribution in [-0.4, -0.2) is 32.6 Å². The summed E-state index contributed by atoms with van der Waals surface area (Å²) in [5.74, 6) is 0.874. The quantitative estimate of drug-likeness (QED) is 0.522. The number of nitrogens with zero attached hydrogens (tertiary/aromatic N) is 3. The summed E-state index contributed by atoms with van der Waals surface area (Å²) in [4.78, 5) is 23.3. The zero-order valence-corrected chi connectivity index (χ0v) is 14.4. The first-order valence-electron chi connectivity index (χ1n) is 8.46. The van der Waals surface area contributed by atoms with Gasteiger partial charge in [0.25, 0.3) is 5.91 Å². The third-order valence-electron chi connectivity index (χ3n) is 3.98. The van der Waals surface area contributed by atoms with E-state index in [2.05, 4.69) is 25.4 Å². The van der Waals surface area contributed by atoms with E-state index < -0.39 is 0 Å². The minimum Gasteiger partial charge on any atom is -0.486 e. The van der Waals surface area contributed by atoms with E-state index in [1.54, 1.807) is 24.8 Å². The second kappa shape index (κ2) is 7.69. The molecule has 8 nitrogen and oxygen atoms in total. The third-order valence-corrected chi connectivity index (χ3v) is 3.98. The maximum atomic E-state index is 12.1. The highest BCUT2D eigenvalue weighted by Gasteiger charge is 2.12. The first-order valence-corrected chi connectivity index (χ1v) is 8.46. The lowest BCUT2D eigenvalue weighted by Gasteiger charge is -2.04. The van der Waals surface area contributed by atoms with Gasteiger partial charge in [-0.05, 0) is 24.3 Å². The van der Waals surface area contributed by atoms with Crippen LogP contribution in [0.4, 0.5) is 0 Å². The van der Waals surface area contributed by atoms with Crippen LogP contribution in [0, 0.1) is 0 Å².